The molecule has 1 atom stereocenters. The Bertz CT molecular complexity index is 1040. The fraction of sp³-hybridized carbons (Fsp3) is 0.278. The van der Waals surface area contributed by atoms with Crippen molar-refractivity contribution in [1.82, 2.24) is 20.1 Å². The third-order valence-corrected chi connectivity index (χ3v) is 4.88. The summed E-state index contributed by atoms with van der Waals surface area (Å²) in [5.41, 5.74) is 2.94. The summed E-state index contributed by atoms with van der Waals surface area (Å²) in [6.45, 7) is 1.77. The molecule has 0 bridgehead atoms. The number of nitrogens with zero attached hydrogens (tertiary/aromatic N) is 2. The molecule has 1 amide bonds. The normalized spacial score (nSPS) is 16.6. The van der Waals surface area contributed by atoms with Crippen LogP contribution >= 0.6 is 11.6 Å². The highest BCUT2D eigenvalue weighted by atomic mass is 35.5. The summed E-state index contributed by atoms with van der Waals surface area (Å²) in [6, 6.07) is 9.10. The topological polar surface area (TPSA) is 79.8 Å². The molecule has 1 aromatic carbocycles. The standard InChI is InChI=1S/C18H17ClN4O2/c1-10-9-14(19)21-16-15(10)17(24)23(22-16)18(25)20-13-8-4-6-11-5-2-3-7-12(11)13/h2-3,5,7,9,13H,4,6,8H2,1H3,(H,20,25)(H,21,22)/t13-/m0/s1. The van der Waals surface area contributed by atoms with E-state index in [9.17, 15) is 9.59 Å². The van der Waals surface area contributed by atoms with Gasteiger partial charge in [-0.1, -0.05) is 35.9 Å². The molecule has 4 rings (SSSR count). The van der Waals surface area contributed by atoms with Crippen LogP contribution in [0.4, 0.5) is 4.79 Å². The van der Waals surface area contributed by atoms with Crippen molar-refractivity contribution in [2.24, 2.45) is 0 Å². The Hall–Kier alpha value is -2.60. The van der Waals surface area contributed by atoms with Gasteiger partial charge in [0, 0.05) is 0 Å². The fourth-order valence-electron chi connectivity index (χ4n) is 3.51. The van der Waals surface area contributed by atoms with Crippen LogP contribution < -0.4 is 10.9 Å². The van der Waals surface area contributed by atoms with E-state index in [0.29, 0.717) is 16.6 Å². The number of hydrogen-bond acceptors (Lipinski definition) is 3. The van der Waals surface area contributed by atoms with Gasteiger partial charge in [0.05, 0.1) is 11.4 Å². The minimum Gasteiger partial charge on any atom is -0.329 e. The van der Waals surface area contributed by atoms with Crippen molar-refractivity contribution in [3.8, 4) is 0 Å². The predicted octanol–water partition coefficient (Wildman–Crippen LogP) is 3.32. The van der Waals surface area contributed by atoms with E-state index in [1.54, 1.807) is 13.0 Å². The Morgan fingerprint density at radius 3 is 3.04 bits per heavy atom. The summed E-state index contributed by atoms with van der Waals surface area (Å²) in [7, 11) is 0. The number of carbonyl (C=O) groups is 1. The molecule has 3 aromatic rings. The molecule has 0 fully saturated rings. The van der Waals surface area contributed by atoms with Gasteiger partial charge >= 0.3 is 6.03 Å². The molecule has 7 heteroatoms. The largest absolute Gasteiger partial charge is 0.344 e. The van der Waals surface area contributed by atoms with Crippen molar-refractivity contribution >= 4 is 28.7 Å². The number of fused-ring (bicyclic) bond motifs is 2. The van der Waals surface area contributed by atoms with Gasteiger partial charge in [-0.15, -0.1) is 0 Å². The van der Waals surface area contributed by atoms with E-state index in [2.05, 4.69) is 21.5 Å². The van der Waals surface area contributed by atoms with E-state index in [0.717, 1.165) is 29.5 Å². The summed E-state index contributed by atoms with van der Waals surface area (Å²) < 4.78 is 0.970. The Labute approximate surface area is 148 Å². The Morgan fingerprint density at radius 1 is 1.40 bits per heavy atom. The molecule has 1 aliphatic carbocycles. The number of aromatic amines is 1. The van der Waals surface area contributed by atoms with E-state index >= 15 is 0 Å². The van der Waals surface area contributed by atoms with Crippen molar-refractivity contribution in [2.75, 3.05) is 0 Å². The van der Waals surface area contributed by atoms with Crippen LogP contribution in [0.25, 0.3) is 11.0 Å². The molecule has 2 aromatic heterocycles. The van der Waals surface area contributed by atoms with Gasteiger partial charge < -0.3 is 5.32 Å². The van der Waals surface area contributed by atoms with Crippen molar-refractivity contribution in [3.05, 3.63) is 62.5 Å². The third kappa shape index (κ3) is 2.72. The monoisotopic (exact) mass is 356 g/mol. The zero-order valence-electron chi connectivity index (χ0n) is 13.7. The van der Waals surface area contributed by atoms with E-state index in [-0.39, 0.29) is 11.2 Å². The van der Waals surface area contributed by atoms with Crippen LogP contribution in [0.3, 0.4) is 0 Å². The van der Waals surface area contributed by atoms with Gasteiger partial charge in [0.25, 0.3) is 5.56 Å². The van der Waals surface area contributed by atoms with E-state index in [4.69, 9.17) is 11.6 Å². The molecule has 0 saturated heterocycles. The van der Waals surface area contributed by atoms with Crippen LogP contribution in [0.1, 0.15) is 35.6 Å². The van der Waals surface area contributed by atoms with Gasteiger partial charge in [-0.05, 0) is 48.9 Å². The van der Waals surface area contributed by atoms with Crippen molar-refractivity contribution in [1.29, 1.82) is 0 Å². The van der Waals surface area contributed by atoms with Crippen LogP contribution in [0, 0.1) is 6.92 Å². The van der Waals surface area contributed by atoms with E-state index in [1.165, 1.54) is 5.56 Å². The lowest BCUT2D eigenvalue weighted by Gasteiger charge is -2.26. The van der Waals surface area contributed by atoms with Crippen LogP contribution in [0.15, 0.2) is 35.1 Å². The van der Waals surface area contributed by atoms with Crippen molar-refractivity contribution in [2.45, 2.75) is 32.2 Å². The number of halogens is 1. The number of aromatic nitrogens is 3. The highest BCUT2D eigenvalue weighted by Gasteiger charge is 2.24. The second kappa shape index (κ2) is 6.04. The number of nitrogens with one attached hydrogen (secondary N) is 2. The first-order chi connectivity index (χ1) is 12.0. The molecule has 0 saturated carbocycles. The van der Waals surface area contributed by atoms with Gasteiger partial charge in [0.1, 0.15) is 5.15 Å². The molecule has 0 radical (unpaired) electrons. The predicted molar refractivity (Wildman–Crippen MR) is 96.2 cm³/mol. The van der Waals surface area contributed by atoms with Gasteiger partial charge in [-0.2, -0.15) is 4.68 Å². The number of amides is 1. The van der Waals surface area contributed by atoms with Crippen LogP contribution in [-0.4, -0.2) is 20.8 Å². The minimum absolute atomic E-state index is 0.103. The lowest BCUT2D eigenvalue weighted by molar-refractivity contribution is 0.233. The van der Waals surface area contributed by atoms with E-state index in [1.807, 2.05) is 18.2 Å². The second-order valence-electron chi connectivity index (χ2n) is 6.33. The number of aryl methyl sites for hydroxylation is 2. The molecule has 2 N–H and O–H groups in total. The van der Waals surface area contributed by atoms with Crippen molar-refractivity contribution < 1.29 is 4.79 Å². The summed E-state index contributed by atoms with van der Waals surface area (Å²) >= 11 is 5.93. The zero-order valence-corrected chi connectivity index (χ0v) is 14.4. The lowest BCUT2D eigenvalue weighted by atomic mass is 9.88. The maximum atomic E-state index is 12.7. The lowest BCUT2D eigenvalue weighted by Crippen LogP contribution is -2.38. The van der Waals surface area contributed by atoms with Crippen molar-refractivity contribution in [3.63, 3.8) is 0 Å². The van der Waals surface area contributed by atoms with Crippen LogP contribution in [0.5, 0.6) is 0 Å². The SMILES string of the molecule is Cc1cc(Cl)nc2[nH]n(C(=O)N[C@H]3CCCc4ccccc43)c(=O)c12. The summed E-state index contributed by atoms with van der Waals surface area (Å²) in [4.78, 5) is 29.3. The molecule has 128 valence electrons. The molecule has 2 heterocycles. The van der Waals surface area contributed by atoms with Crippen LogP contribution in [0.2, 0.25) is 5.15 Å². The average molecular weight is 357 g/mol. The molecule has 6 nitrogen and oxygen atoms in total. The zero-order chi connectivity index (χ0) is 17.6. The molecule has 0 unspecified atom stereocenters. The maximum Gasteiger partial charge on any atom is 0.344 e. The molecular weight excluding hydrogens is 340 g/mol. The maximum absolute atomic E-state index is 12.7. The number of carbonyl (C=O) groups excluding carboxylic acids is 1. The van der Waals surface area contributed by atoms with Gasteiger partial charge in [0.2, 0.25) is 0 Å². The Balaban J connectivity index is 1.69. The second-order valence-corrected chi connectivity index (χ2v) is 6.72. The molecule has 25 heavy (non-hydrogen) atoms. The first kappa shape index (κ1) is 15.9. The third-order valence-electron chi connectivity index (χ3n) is 4.69. The molecular formula is C18H17ClN4O2. The Kier molecular flexibility index (Phi) is 3.84. The summed E-state index contributed by atoms with van der Waals surface area (Å²) in [5.74, 6) is 0. The van der Waals surface area contributed by atoms with Gasteiger partial charge in [0.15, 0.2) is 5.65 Å². The first-order valence-electron chi connectivity index (χ1n) is 8.21. The number of hydrogen-bond donors (Lipinski definition) is 2. The summed E-state index contributed by atoms with van der Waals surface area (Å²) in [6.07, 6.45) is 2.86. The number of benzene rings is 1. The molecule has 1 aliphatic rings. The highest BCUT2D eigenvalue weighted by Crippen LogP contribution is 2.29. The number of pyridine rings is 1. The summed E-state index contributed by atoms with van der Waals surface area (Å²) in [5, 5.41) is 6.37. The Morgan fingerprint density at radius 2 is 2.20 bits per heavy atom. The highest BCUT2D eigenvalue weighted by molar-refractivity contribution is 6.29. The minimum atomic E-state index is -0.486. The fourth-order valence-corrected chi connectivity index (χ4v) is 3.76. The number of rotatable bonds is 1. The molecule has 0 aliphatic heterocycles. The first-order valence-corrected chi connectivity index (χ1v) is 8.59. The van der Waals surface area contributed by atoms with Gasteiger partial charge in [-0.3, -0.25) is 9.89 Å². The van der Waals surface area contributed by atoms with Gasteiger partial charge in [-0.25, -0.2) is 9.78 Å². The number of H-pyrrole nitrogens is 1. The smallest absolute Gasteiger partial charge is 0.329 e. The molecule has 0 spiro atoms. The average Bonchev–Trinajstić information content (AvgIpc) is 2.92. The van der Waals surface area contributed by atoms with Crippen LogP contribution in [-0.2, 0) is 6.42 Å². The van der Waals surface area contributed by atoms with E-state index < -0.39 is 11.6 Å². The quantitative estimate of drug-likeness (QED) is 0.656.